The molecule has 0 spiro atoms. The molecule has 0 radical (unpaired) electrons. The predicted octanol–water partition coefficient (Wildman–Crippen LogP) is 4.50. The van der Waals surface area contributed by atoms with E-state index in [1.54, 1.807) is 36.4 Å². The Balaban J connectivity index is 1.57. The molecule has 0 bridgehead atoms. The largest absolute Gasteiger partial charge is 0.465 e. The molecule has 0 fully saturated rings. The number of methoxy groups -OCH3 is 1. The van der Waals surface area contributed by atoms with Crippen LogP contribution in [0.3, 0.4) is 0 Å². The van der Waals surface area contributed by atoms with Crippen molar-refractivity contribution in [2.75, 3.05) is 12.4 Å². The molecule has 4 rings (SSSR count). The maximum absolute atomic E-state index is 12.5. The smallest absolute Gasteiger partial charge is 0.337 e. The lowest BCUT2D eigenvalue weighted by molar-refractivity contribution is -0.384. The summed E-state index contributed by atoms with van der Waals surface area (Å²) < 4.78 is 10.9. The minimum Gasteiger partial charge on any atom is -0.465 e. The molecule has 0 aliphatic carbocycles. The van der Waals surface area contributed by atoms with Gasteiger partial charge in [0.2, 0.25) is 0 Å². The van der Waals surface area contributed by atoms with Gasteiger partial charge >= 0.3 is 5.97 Å². The first kappa shape index (κ1) is 19.3. The van der Waals surface area contributed by atoms with Gasteiger partial charge in [-0.2, -0.15) is 0 Å². The van der Waals surface area contributed by atoms with Crippen LogP contribution in [0.25, 0.3) is 21.5 Å². The predicted molar refractivity (Wildman–Crippen MR) is 110 cm³/mol. The number of aromatic nitrogens is 1. The van der Waals surface area contributed by atoms with Crippen LogP contribution in [0.5, 0.6) is 0 Å². The first-order chi connectivity index (χ1) is 14.5. The van der Waals surface area contributed by atoms with Crippen LogP contribution in [0.4, 0.5) is 10.8 Å². The van der Waals surface area contributed by atoms with Crippen LogP contribution in [0, 0.1) is 10.1 Å². The van der Waals surface area contributed by atoms with Gasteiger partial charge in [0.25, 0.3) is 11.6 Å². The van der Waals surface area contributed by atoms with Crippen LogP contribution in [-0.4, -0.2) is 28.9 Å². The number of benzene rings is 2. The molecule has 10 heteroatoms. The van der Waals surface area contributed by atoms with Crippen LogP contribution in [0.2, 0.25) is 0 Å². The average molecular weight is 423 g/mol. The van der Waals surface area contributed by atoms with E-state index in [2.05, 4.69) is 10.3 Å². The SMILES string of the molecule is COC(=O)c1ccc2nc(NC(=O)c3ccc(-c4ccccc4[N+](=O)[O-])o3)sc2c1. The summed E-state index contributed by atoms with van der Waals surface area (Å²) in [5.74, 6) is -0.821. The highest BCUT2D eigenvalue weighted by Gasteiger charge is 2.20. The summed E-state index contributed by atoms with van der Waals surface area (Å²) in [6.45, 7) is 0. The lowest BCUT2D eigenvalue weighted by atomic mass is 10.1. The molecule has 0 saturated heterocycles. The highest BCUT2D eigenvalue weighted by Crippen LogP contribution is 2.32. The Bertz CT molecular complexity index is 1290. The Kier molecular flexibility index (Phi) is 4.98. The summed E-state index contributed by atoms with van der Waals surface area (Å²) in [7, 11) is 1.30. The minimum absolute atomic E-state index is 0.0161. The van der Waals surface area contributed by atoms with Gasteiger partial charge in [0, 0.05) is 6.07 Å². The zero-order chi connectivity index (χ0) is 21.3. The fourth-order valence-electron chi connectivity index (χ4n) is 2.83. The van der Waals surface area contributed by atoms with E-state index in [9.17, 15) is 19.7 Å². The summed E-state index contributed by atoms with van der Waals surface area (Å²) in [6.07, 6.45) is 0. The van der Waals surface area contributed by atoms with Gasteiger partial charge in [-0.15, -0.1) is 0 Å². The Labute approximate surface area is 173 Å². The van der Waals surface area contributed by atoms with Gasteiger partial charge in [-0.25, -0.2) is 9.78 Å². The van der Waals surface area contributed by atoms with Crippen molar-refractivity contribution in [3.63, 3.8) is 0 Å². The fraction of sp³-hybridized carbons (Fsp3) is 0.0500. The van der Waals surface area contributed by atoms with Crippen LogP contribution < -0.4 is 5.32 Å². The third-order valence-electron chi connectivity index (χ3n) is 4.23. The van der Waals surface area contributed by atoms with Gasteiger partial charge in [0.1, 0.15) is 5.76 Å². The number of para-hydroxylation sites is 1. The normalized spacial score (nSPS) is 10.7. The number of fused-ring (bicyclic) bond motifs is 1. The lowest BCUT2D eigenvalue weighted by Gasteiger charge is -2.00. The molecular weight excluding hydrogens is 410 g/mol. The number of rotatable bonds is 5. The van der Waals surface area contributed by atoms with E-state index in [1.165, 1.54) is 36.6 Å². The number of nitro benzene ring substituents is 1. The van der Waals surface area contributed by atoms with E-state index in [-0.39, 0.29) is 22.8 Å². The average Bonchev–Trinajstić information content (AvgIpc) is 3.39. The van der Waals surface area contributed by atoms with E-state index in [1.807, 2.05) is 0 Å². The number of amides is 1. The first-order valence-electron chi connectivity index (χ1n) is 8.60. The van der Waals surface area contributed by atoms with E-state index < -0.39 is 16.8 Å². The van der Waals surface area contributed by atoms with Crippen LogP contribution in [-0.2, 0) is 4.74 Å². The Morgan fingerprint density at radius 3 is 2.73 bits per heavy atom. The number of furan rings is 1. The summed E-state index contributed by atoms with van der Waals surface area (Å²) in [6, 6.07) is 13.9. The first-order valence-corrected chi connectivity index (χ1v) is 9.42. The van der Waals surface area contributed by atoms with Gasteiger partial charge in [0.05, 0.1) is 33.4 Å². The second-order valence-electron chi connectivity index (χ2n) is 6.09. The minimum atomic E-state index is -0.549. The summed E-state index contributed by atoms with van der Waals surface area (Å²) in [5, 5.41) is 14.2. The van der Waals surface area contributed by atoms with Crippen molar-refractivity contribution in [3.05, 3.63) is 76.0 Å². The van der Waals surface area contributed by atoms with Gasteiger partial charge in [0.15, 0.2) is 10.9 Å². The number of nitrogens with one attached hydrogen (secondary N) is 1. The van der Waals surface area contributed by atoms with E-state index in [4.69, 9.17) is 9.15 Å². The number of thiazole rings is 1. The van der Waals surface area contributed by atoms with Gasteiger partial charge < -0.3 is 9.15 Å². The maximum atomic E-state index is 12.5. The Morgan fingerprint density at radius 1 is 1.17 bits per heavy atom. The van der Waals surface area contributed by atoms with Gasteiger partial charge in [-0.3, -0.25) is 20.2 Å². The number of hydrogen-bond acceptors (Lipinski definition) is 8. The molecule has 2 aromatic heterocycles. The molecule has 1 amide bonds. The highest BCUT2D eigenvalue weighted by molar-refractivity contribution is 7.22. The van der Waals surface area contributed by atoms with Crippen LogP contribution >= 0.6 is 11.3 Å². The van der Waals surface area contributed by atoms with Crippen molar-refractivity contribution < 1.29 is 23.7 Å². The molecule has 9 nitrogen and oxygen atoms in total. The van der Waals surface area contributed by atoms with Gasteiger partial charge in [-0.05, 0) is 36.4 Å². The molecule has 0 saturated carbocycles. The number of carbonyl (C=O) groups is 2. The molecule has 2 heterocycles. The molecule has 1 N–H and O–H groups in total. The van der Waals surface area contributed by atoms with Crippen LogP contribution in [0.15, 0.2) is 59.0 Å². The van der Waals surface area contributed by atoms with Crippen molar-refractivity contribution >= 4 is 44.2 Å². The molecule has 0 aliphatic heterocycles. The topological polar surface area (TPSA) is 125 Å². The molecule has 0 atom stereocenters. The van der Waals surface area contributed by atoms with Crippen molar-refractivity contribution in [1.29, 1.82) is 0 Å². The monoisotopic (exact) mass is 423 g/mol. The van der Waals surface area contributed by atoms with Crippen molar-refractivity contribution in [2.45, 2.75) is 0 Å². The molecule has 2 aromatic carbocycles. The fourth-order valence-corrected chi connectivity index (χ4v) is 3.73. The zero-order valence-corrected chi connectivity index (χ0v) is 16.3. The van der Waals surface area contributed by atoms with E-state index >= 15 is 0 Å². The maximum Gasteiger partial charge on any atom is 0.337 e. The zero-order valence-electron chi connectivity index (χ0n) is 15.4. The molecular formula is C20H13N3O6S. The summed E-state index contributed by atoms with van der Waals surface area (Å²) >= 11 is 1.19. The van der Waals surface area contributed by atoms with Gasteiger partial charge in [-0.1, -0.05) is 23.5 Å². The number of carbonyl (C=O) groups excluding carboxylic acids is 2. The van der Waals surface area contributed by atoms with Crippen molar-refractivity contribution in [3.8, 4) is 11.3 Å². The second-order valence-corrected chi connectivity index (χ2v) is 7.12. The number of esters is 1. The van der Waals surface area contributed by atoms with E-state index in [0.29, 0.717) is 20.9 Å². The Morgan fingerprint density at radius 2 is 1.97 bits per heavy atom. The van der Waals surface area contributed by atoms with Crippen molar-refractivity contribution in [1.82, 2.24) is 4.98 Å². The summed E-state index contributed by atoms with van der Waals surface area (Å²) in [4.78, 5) is 39.2. The quantitative estimate of drug-likeness (QED) is 0.284. The lowest BCUT2D eigenvalue weighted by Crippen LogP contribution is -2.10. The molecule has 150 valence electrons. The number of ether oxygens (including phenoxy) is 1. The molecule has 30 heavy (non-hydrogen) atoms. The number of nitro groups is 1. The molecule has 4 aromatic rings. The summed E-state index contributed by atoms with van der Waals surface area (Å²) in [5.41, 5.74) is 1.15. The van der Waals surface area contributed by atoms with Crippen molar-refractivity contribution in [2.24, 2.45) is 0 Å². The number of nitrogens with zero attached hydrogens (tertiary/aromatic N) is 2. The number of anilines is 1. The molecule has 0 unspecified atom stereocenters. The number of hydrogen-bond donors (Lipinski definition) is 1. The second kappa shape index (κ2) is 7.76. The van der Waals surface area contributed by atoms with Crippen LogP contribution in [0.1, 0.15) is 20.9 Å². The highest BCUT2D eigenvalue weighted by atomic mass is 32.1. The third-order valence-corrected chi connectivity index (χ3v) is 5.16. The standard InChI is InChI=1S/C20H13N3O6S/c1-28-19(25)11-6-7-13-17(10-11)30-20(21-13)22-18(24)16-9-8-15(29-16)12-4-2-3-5-14(12)23(26)27/h2-10H,1H3,(H,21,22,24). The molecule has 0 aliphatic rings. The van der Waals surface area contributed by atoms with E-state index in [0.717, 1.165) is 0 Å². The third kappa shape index (κ3) is 3.63. The Hall–Kier alpha value is -4.05.